The Morgan fingerprint density at radius 1 is 1.21 bits per heavy atom. The summed E-state index contributed by atoms with van der Waals surface area (Å²) in [6, 6.07) is -0.336. The first-order valence-corrected chi connectivity index (χ1v) is 6.87. The van der Waals surface area contributed by atoms with E-state index in [1.807, 2.05) is 0 Å². The molecule has 1 amide bonds. The van der Waals surface area contributed by atoms with Crippen molar-refractivity contribution in [2.24, 2.45) is 11.8 Å². The van der Waals surface area contributed by atoms with Crippen LogP contribution >= 0.6 is 0 Å². The molecule has 1 unspecified atom stereocenters. The summed E-state index contributed by atoms with van der Waals surface area (Å²) in [5.41, 5.74) is 0. The van der Waals surface area contributed by atoms with Gasteiger partial charge in [-0.25, -0.2) is 0 Å². The van der Waals surface area contributed by atoms with E-state index < -0.39 is 17.8 Å². The second-order valence-electron chi connectivity index (χ2n) is 5.28. The van der Waals surface area contributed by atoms with E-state index in [0.29, 0.717) is 32.6 Å². The molecule has 2 aliphatic rings. The van der Waals surface area contributed by atoms with Crippen LogP contribution in [0.5, 0.6) is 0 Å². The minimum absolute atomic E-state index is 0.130. The van der Waals surface area contributed by atoms with Crippen molar-refractivity contribution in [2.45, 2.75) is 31.7 Å². The van der Waals surface area contributed by atoms with Crippen LogP contribution in [-0.2, 0) is 14.3 Å². The second kappa shape index (κ2) is 6.34. The molecule has 0 bridgehead atoms. The molecule has 3 atom stereocenters. The highest BCUT2D eigenvalue weighted by atomic mass is 16.5. The van der Waals surface area contributed by atoms with Gasteiger partial charge < -0.3 is 19.8 Å². The Labute approximate surface area is 112 Å². The van der Waals surface area contributed by atoms with Gasteiger partial charge in [-0.1, -0.05) is 12.8 Å². The van der Waals surface area contributed by atoms with Crippen LogP contribution in [0.1, 0.15) is 25.7 Å². The molecule has 19 heavy (non-hydrogen) atoms. The lowest BCUT2D eigenvalue weighted by atomic mass is 9.78. The molecule has 2 rings (SSSR count). The number of aliphatic hydroxyl groups excluding tert-OH is 1. The fourth-order valence-electron chi connectivity index (χ4n) is 3.03. The zero-order valence-electron chi connectivity index (χ0n) is 11.0. The van der Waals surface area contributed by atoms with E-state index in [-0.39, 0.29) is 18.6 Å². The van der Waals surface area contributed by atoms with Crippen molar-refractivity contribution in [1.82, 2.24) is 4.90 Å². The first-order chi connectivity index (χ1) is 9.15. The molecule has 6 heteroatoms. The van der Waals surface area contributed by atoms with Crippen molar-refractivity contribution < 1.29 is 24.5 Å². The van der Waals surface area contributed by atoms with Gasteiger partial charge in [0.1, 0.15) is 0 Å². The standard InChI is InChI=1S/C13H21NO5/c15-7-9-8-19-6-5-14(9)12(16)10-3-1-2-4-11(10)13(17)18/h9-11,15H,1-8H2,(H,17,18)/t9?,10-,11+/m1/s1. The fraction of sp³-hybridized carbons (Fsp3) is 0.846. The van der Waals surface area contributed by atoms with Gasteiger partial charge in [-0.05, 0) is 12.8 Å². The number of nitrogens with zero attached hydrogens (tertiary/aromatic N) is 1. The van der Waals surface area contributed by atoms with Gasteiger partial charge in [-0.15, -0.1) is 0 Å². The number of hydrogen-bond donors (Lipinski definition) is 2. The minimum atomic E-state index is -0.883. The van der Waals surface area contributed by atoms with E-state index in [0.717, 1.165) is 12.8 Å². The Morgan fingerprint density at radius 2 is 1.89 bits per heavy atom. The second-order valence-corrected chi connectivity index (χ2v) is 5.28. The van der Waals surface area contributed by atoms with Crippen LogP contribution in [0.25, 0.3) is 0 Å². The molecule has 2 N–H and O–H groups in total. The van der Waals surface area contributed by atoms with Crippen molar-refractivity contribution in [1.29, 1.82) is 0 Å². The summed E-state index contributed by atoms with van der Waals surface area (Å²) in [4.78, 5) is 25.4. The molecule has 1 saturated heterocycles. The average Bonchev–Trinajstić information content (AvgIpc) is 2.46. The molecule has 1 saturated carbocycles. The highest BCUT2D eigenvalue weighted by Gasteiger charge is 2.40. The van der Waals surface area contributed by atoms with E-state index in [9.17, 15) is 19.8 Å². The van der Waals surface area contributed by atoms with Gasteiger partial charge in [0.25, 0.3) is 0 Å². The van der Waals surface area contributed by atoms with Gasteiger partial charge >= 0.3 is 5.97 Å². The Hall–Kier alpha value is -1.14. The van der Waals surface area contributed by atoms with Gasteiger partial charge in [0.2, 0.25) is 5.91 Å². The van der Waals surface area contributed by atoms with Gasteiger partial charge in [0, 0.05) is 6.54 Å². The monoisotopic (exact) mass is 271 g/mol. The maximum Gasteiger partial charge on any atom is 0.307 e. The van der Waals surface area contributed by atoms with Crippen molar-refractivity contribution in [3.05, 3.63) is 0 Å². The summed E-state index contributed by atoms with van der Waals surface area (Å²) in [6.45, 7) is 1.07. The quantitative estimate of drug-likeness (QED) is 0.760. The number of aliphatic hydroxyl groups is 1. The van der Waals surface area contributed by atoms with Crippen molar-refractivity contribution in [3.8, 4) is 0 Å². The molecule has 1 heterocycles. The zero-order chi connectivity index (χ0) is 13.8. The van der Waals surface area contributed by atoms with Crippen LogP contribution < -0.4 is 0 Å². The number of aliphatic carboxylic acids is 1. The molecule has 0 aromatic rings. The van der Waals surface area contributed by atoms with Crippen molar-refractivity contribution in [3.63, 3.8) is 0 Å². The molecule has 0 radical (unpaired) electrons. The largest absolute Gasteiger partial charge is 0.481 e. The first kappa shape index (κ1) is 14.3. The summed E-state index contributed by atoms with van der Waals surface area (Å²) < 4.78 is 5.24. The number of amides is 1. The van der Waals surface area contributed by atoms with Crippen LogP contribution in [0.3, 0.4) is 0 Å². The fourth-order valence-corrected chi connectivity index (χ4v) is 3.03. The lowest BCUT2D eigenvalue weighted by Crippen LogP contribution is -2.54. The number of hydrogen-bond acceptors (Lipinski definition) is 4. The summed E-state index contributed by atoms with van der Waals surface area (Å²) in [7, 11) is 0. The van der Waals surface area contributed by atoms with Gasteiger partial charge in [0.05, 0.1) is 37.7 Å². The number of ether oxygens (including phenoxy) is 1. The minimum Gasteiger partial charge on any atom is -0.481 e. The molecular weight excluding hydrogens is 250 g/mol. The van der Waals surface area contributed by atoms with Gasteiger partial charge in [-0.3, -0.25) is 9.59 Å². The molecule has 0 aromatic heterocycles. The molecular formula is C13H21NO5. The molecule has 1 aliphatic carbocycles. The van der Waals surface area contributed by atoms with Crippen LogP contribution in [0.4, 0.5) is 0 Å². The number of carbonyl (C=O) groups excluding carboxylic acids is 1. The van der Waals surface area contributed by atoms with E-state index in [2.05, 4.69) is 0 Å². The molecule has 6 nitrogen and oxygen atoms in total. The SMILES string of the molecule is O=C(O)[C@H]1CCCC[C@H]1C(=O)N1CCOCC1CO. The van der Waals surface area contributed by atoms with Crippen LogP contribution in [0, 0.1) is 11.8 Å². The molecule has 0 aromatic carbocycles. The van der Waals surface area contributed by atoms with Gasteiger partial charge in [0.15, 0.2) is 0 Å². The lowest BCUT2D eigenvalue weighted by Gasteiger charge is -2.39. The van der Waals surface area contributed by atoms with Gasteiger partial charge in [-0.2, -0.15) is 0 Å². The summed E-state index contributed by atoms with van der Waals surface area (Å²) >= 11 is 0. The highest BCUT2D eigenvalue weighted by Crippen LogP contribution is 2.32. The maximum atomic E-state index is 12.5. The summed E-state index contributed by atoms with van der Waals surface area (Å²) in [5.74, 6) is -2.04. The van der Waals surface area contributed by atoms with E-state index in [1.54, 1.807) is 4.90 Å². The lowest BCUT2D eigenvalue weighted by molar-refractivity contribution is -0.157. The normalized spacial score (nSPS) is 32.1. The van der Waals surface area contributed by atoms with Crippen LogP contribution in [-0.4, -0.2) is 59.4 Å². The van der Waals surface area contributed by atoms with Crippen molar-refractivity contribution >= 4 is 11.9 Å². The Kier molecular flexibility index (Phi) is 4.76. The third-order valence-electron chi connectivity index (χ3n) is 4.12. The molecule has 108 valence electrons. The Balaban J connectivity index is 2.09. The number of carboxylic acids is 1. The predicted molar refractivity (Wildman–Crippen MR) is 66.5 cm³/mol. The summed E-state index contributed by atoms with van der Waals surface area (Å²) in [6.07, 6.45) is 2.97. The van der Waals surface area contributed by atoms with Crippen LogP contribution in [0.2, 0.25) is 0 Å². The Morgan fingerprint density at radius 3 is 2.53 bits per heavy atom. The number of morpholine rings is 1. The molecule has 0 spiro atoms. The Bertz CT molecular complexity index is 346. The smallest absolute Gasteiger partial charge is 0.307 e. The number of carbonyl (C=O) groups is 2. The van der Waals surface area contributed by atoms with E-state index in [4.69, 9.17) is 4.74 Å². The first-order valence-electron chi connectivity index (χ1n) is 6.87. The van der Waals surface area contributed by atoms with E-state index >= 15 is 0 Å². The van der Waals surface area contributed by atoms with E-state index in [1.165, 1.54) is 0 Å². The maximum absolute atomic E-state index is 12.5. The third-order valence-corrected chi connectivity index (χ3v) is 4.12. The zero-order valence-corrected chi connectivity index (χ0v) is 11.0. The number of rotatable bonds is 3. The topological polar surface area (TPSA) is 87.1 Å². The molecule has 1 aliphatic heterocycles. The van der Waals surface area contributed by atoms with Crippen molar-refractivity contribution in [2.75, 3.05) is 26.4 Å². The molecule has 2 fully saturated rings. The summed E-state index contributed by atoms with van der Waals surface area (Å²) in [5, 5.41) is 18.5. The third kappa shape index (κ3) is 3.06. The highest BCUT2D eigenvalue weighted by molar-refractivity contribution is 5.85. The van der Waals surface area contributed by atoms with Crippen LogP contribution in [0.15, 0.2) is 0 Å². The number of carboxylic acid groups (broad SMARTS) is 1. The predicted octanol–water partition coefficient (Wildman–Crippen LogP) is 0.0971. The average molecular weight is 271 g/mol.